The lowest BCUT2D eigenvalue weighted by Gasteiger charge is -2.27. The van der Waals surface area contributed by atoms with Crippen molar-refractivity contribution in [2.75, 3.05) is 19.6 Å². The first kappa shape index (κ1) is 15.1. The number of nitrogens with zero attached hydrogens (tertiary/aromatic N) is 2. The van der Waals surface area contributed by atoms with Crippen molar-refractivity contribution in [3.8, 4) is 0 Å². The van der Waals surface area contributed by atoms with E-state index in [0.29, 0.717) is 42.4 Å². The molecule has 1 aromatic carbocycles. The minimum absolute atomic E-state index is 0.0147. The number of aldehydes is 1. The van der Waals surface area contributed by atoms with Gasteiger partial charge in [0.2, 0.25) is 5.91 Å². The summed E-state index contributed by atoms with van der Waals surface area (Å²) in [5, 5.41) is 3.71. The SMILES string of the molecule is NC(=O)c1cccc2cc(CN3CCNCC3=O)c(C=O)nc12. The van der Waals surface area contributed by atoms with E-state index in [2.05, 4.69) is 10.3 Å². The third-order valence-electron chi connectivity index (χ3n) is 3.88. The van der Waals surface area contributed by atoms with Crippen LogP contribution < -0.4 is 11.1 Å². The van der Waals surface area contributed by atoms with Crippen LogP contribution in [0.15, 0.2) is 24.3 Å². The molecule has 1 saturated heterocycles. The number of nitrogens with two attached hydrogens (primary N) is 1. The molecule has 1 aromatic heterocycles. The molecule has 2 aromatic rings. The van der Waals surface area contributed by atoms with E-state index in [0.717, 1.165) is 6.54 Å². The molecule has 2 amide bonds. The van der Waals surface area contributed by atoms with Gasteiger partial charge in [-0.3, -0.25) is 14.4 Å². The average molecular weight is 312 g/mol. The lowest BCUT2D eigenvalue weighted by Crippen LogP contribution is -2.47. The van der Waals surface area contributed by atoms with Gasteiger partial charge in [0.15, 0.2) is 6.29 Å². The molecular weight excluding hydrogens is 296 g/mol. The van der Waals surface area contributed by atoms with Crippen LogP contribution in [0.3, 0.4) is 0 Å². The number of carbonyl (C=O) groups excluding carboxylic acids is 3. The molecule has 118 valence electrons. The summed E-state index contributed by atoms with van der Waals surface area (Å²) < 4.78 is 0. The van der Waals surface area contributed by atoms with Gasteiger partial charge in [0.25, 0.3) is 5.91 Å². The molecule has 0 spiro atoms. The zero-order chi connectivity index (χ0) is 16.4. The molecule has 3 rings (SSSR count). The first-order chi connectivity index (χ1) is 11.1. The van der Waals surface area contributed by atoms with E-state index in [-0.39, 0.29) is 17.2 Å². The van der Waals surface area contributed by atoms with Crippen molar-refractivity contribution in [1.29, 1.82) is 0 Å². The molecule has 1 aliphatic rings. The summed E-state index contributed by atoms with van der Waals surface area (Å²) in [4.78, 5) is 40.7. The van der Waals surface area contributed by atoms with Crippen molar-refractivity contribution in [2.45, 2.75) is 6.54 Å². The highest BCUT2D eigenvalue weighted by Gasteiger charge is 2.20. The second kappa shape index (κ2) is 6.13. The fourth-order valence-corrected chi connectivity index (χ4v) is 2.70. The van der Waals surface area contributed by atoms with Gasteiger partial charge in [-0.15, -0.1) is 0 Å². The number of aromatic nitrogens is 1. The third-order valence-corrected chi connectivity index (χ3v) is 3.88. The monoisotopic (exact) mass is 312 g/mol. The predicted molar refractivity (Wildman–Crippen MR) is 83.9 cm³/mol. The van der Waals surface area contributed by atoms with Gasteiger partial charge >= 0.3 is 0 Å². The Kier molecular flexibility index (Phi) is 4.03. The lowest BCUT2D eigenvalue weighted by atomic mass is 10.0. The van der Waals surface area contributed by atoms with Crippen LogP contribution in [-0.2, 0) is 11.3 Å². The highest BCUT2D eigenvalue weighted by Crippen LogP contribution is 2.21. The molecule has 7 heteroatoms. The Labute approximate surface area is 132 Å². The Balaban J connectivity index is 2.05. The van der Waals surface area contributed by atoms with E-state index in [1.807, 2.05) is 0 Å². The standard InChI is InChI=1S/C16H16N4O3/c17-16(23)12-3-1-2-10-6-11(13(9-21)19-15(10)12)8-20-5-4-18-7-14(20)22/h1-3,6,9,18H,4-5,7-8H2,(H2,17,23). The quantitative estimate of drug-likeness (QED) is 0.778. The maximum absolute atomic E-state index is 11.9. The molecule has 0 saturated carbocycles. The van der Waals surface area contributed by atoms with Gasteiger partial charge in [-0.2, -0.15) is 0 Å². The lowest BCUT2D eigenvalue weighted by molar-refractivity contribution is -0.132. The van der Waals surface area contributed by atoms with E-state index in [9.17, 15) is 14.4 Å². The van der Waals surface area contributed by atoms with Crippen LogP contribution in [-0.4, -0.2) is 47.6 Å². The van der Waals surface area contributed by atoms with Crippen molar-refractivity contribution < 1.29 is 14.4 Å². The number of hydrogen-bond acceptors (Lipinski definition) is 5. The summed E-state index contributed by atoms with van der Waals surface area (Å²) in [6.07, 6.45) is 0.638. The number of amides is 2. The maximum atomic E-state index is 11.9. The number of fused-ring (bicyclic) bond motifs is 1. The molecule has 0 atom stereocenters. The van der Waals surface area contributed by atoms with Gasteiger partial charge in [0.1, 0.15) is 5.69 Å². The first-order valence-electron chi connectivity index (χ1n) is 7.26. The van der Waals surface area contributed by atoms with Crippen molar-refractivity contribution >= 4 is 29.0 Å². The summed E-state index contributed by atoms with van der Waals surface area (Å²) in [5.41, 5.74) is 6.90. The van der Waals surface area contributed by atoms with Crippen LogP contribution in [0.1, 0.15) is 26.4 Å². The van der Waals surface area contributed by atoms with Crippen LogP contribution in [0.2, 0.25) is 0 Å². The summed E-state index contributed by atoms with van der Waals surface area (Å²) in [7, 11) is 0. The Morgan fingerprint density at radius 2 is 2.26 bits per heavy atom. The van der Waals surface area contributed by atoms with E-state index in [4.69, 9.17) is 5.73 Å². The normalized spacial score (nSPS) is 15.0. The average Bonchev–Trinajstić information content (AvgIpc) is 2.55. The number of hydrogen-bond donors (Lipinski definition) is 2. The van der Waals surface area contributed by atoms with E-state index in [1.54, 1.807) is 29.2 Å². The fraction of sp³-hybridized carbons (Fsp3) is 0.250. The minimum Gasteiger partial charge on any atom is -0.366 e. The van der Waals surface area contributed by atoms with E-state index >= 15 is 0 Å². The molecule has 0 unspecified atom stereocenters. The number of para-hydroxylation sites is 1. The Bertz CT molecular complexity index is 803. The molecule has 7 nitrogen and oxygen atoms in total. The molecule has 0 bridgehead atoms. The molecule has 1 aliphatic heterocycles. The maximum Gasteiger partial charge on any atom is 0.250 e. The van der Waals surface area contributed by atoms with Gasteiger partial charge in [0.05, 0.1) is 17.6 Å². The topological polar surface area (TPSA) is 105 Å². The van der Waals surface area contributed by atoms with Crippen LogP contribution >= 0.6 is 0 Å². The van der Waals surface area contributed by atoms with Gasteiger partial charge < -0.3 is 16.0 Å². The molecule has 0 radical (unpaired) electrons. The third kappa shape index (κ3) is 2.91. The number of nitrogens with one attached hydrogen (secondary N) is 1. The summed E-state index contributed by atoms with van der Waals surface area (Å²) in [6.45, 7) is 1.91. The van der Waals surface area contributed by atoms with Gasteiger partial charge in [-0.05, 0) is 12.1 Å². The number of benzene rings is 1. The summed E-state index contributed by atoms with van der Waals surface area (Å²) >= 11 is 0. The smallest absolute Gasteiger partial charge is 0.250 e. The van der Waals surface area contributed by atoms with Crippen molar-refractivity contribution in [3.63, 3.8) is 0 Å². The zero-order valence-corrected chi connectivity index (χ0v) is 12.4. The molecule has 2 heterocycles. The van der Waals surface area contributed by atoms with Crippen LogP contribution in [0.4, 0.5) is 0 Å². The molecule has 3 N–H and O–H groups in total. The number of primary amides is 1. The number of rotatable bonds is 4. The summed E-state index contributed by atoms with van der Waals surface area (Å²) in [6, 6.07) is 6.87. The summed E-state index contributed by atoms with van der Waals surface area (Å²) in [5.74, 6) is -0.607. The Morgan fingerprint density at radius 1 is 1.43 bits per heavy atom. The van der Waals surface area contributed by atoms with E-state index in [1.165, 1.54) is 0 Å². The van der Waals surface area contributed by atoms with Crippen molar-refractivity contribution in [3.05, 3.63) is 41.1 Å². The van der Waals surface area contributed by atoms with Gasteiger partial charge in [0, 0.05) is 30.6 Å². The largest absolute Gasteiger partial charge is 0.366 e. The van der Waals surface area contributed by atoms with Gasteiger partial charge in [-0.25, -0.2) is 4.98 Å². The highest BCUT2D eigenvalue weighted by atomic mass is 16.2. The van der Waals surface area contributed by atoms with Crippen molar-refractivity contribution in [1.82, 2.24) is 15.2 Å². The molecule has 23 heavy (non-hydrogen) atoms. The molecule has 1 fully saturated rings. The second-order valence-electron chi connectivity index (χ2n) is 5.38. The minimum atomic E-state index is -0.593. The highest BCUT2D eigenvalue weighted by molar-refractivity contribution is 6.05. The Morgan fingerprint density at radius 3 is 2.96 bits per heavy atom. The first-order valence-corrected chi connectivity index (χ1v) is 7.26. The molecule has 0 aliphatic carbocycles. The fourth-order valence-electron chi connectivity index (χ4n) is 2.70. The predicted octanol–water partition coefficient (Wildman–Crippen LogP) is 0.0780. The van der Waals surface area contributed by atoms with Gasteiger partial charge in [-0.1, -0.05) is 12.1 Å². The second-order valence-corrected chi connectivity index (χ2v) is 5.38. The Hall–Kier alpha value is -2.80. The zero-order valence-electron chi connectivity index (χ0n) is 12.4. The number of carbonyl (C=O) groups is 3. The van der Waals surface area contributed by atoms with Crippen LogP contribution in [0.5, 0.6) is 0 Å². The number of piperazine rings is 1. The van der Waals surface area contributed by atoms with Crippen molar-refractivity contribution in [2.24, 2.45) is 5.73 Å². The van der Waals surface area contributed by atoms with Crippen LogP contribution in [0.25, 0.3) is 10.9 Å². The number of pyridine rings is 1. The van der Waals surface area contributed by atoms with E-state index < -0.39 is 5.91 Å². The van der Waals surface area contributed by atoms with Crippen LogP contribution in [0, 0.1) is 0 Å². The molecular formula is C16H16N4O3.